The van der Waals surface area contributed by atoms with Gasteiger partial charge in [-0.25, -0.2) is 24.6 Å². The quantitative estimate of drug-likeness (QED) is 0.0854. The molecule has 0 bridgehead atoms. The molecule has 4 aromatic rings. The lowest BCUT2D eigenvalue weighted by atomic mass is 10.0. The smallest absolute Gasteiger partial charge is 0.407 e. The summed E-state index contributed by atoms with van der Waals surface area (Å²) in [7, 11) is 6.49. The number of carbonyl (C=O) groups excluding carboxylic acids is 4. The molecule has 2 heterocycles. The Balaban J connectivity index is 0.000000317. The molecule has 0 fully saturated rings. The number of ether oxygens (including phenoxy) is 2. The van der Waals surface area contributed by atoms with E-state index in [1.165, 1.54) is 21.1 Å². The van der Waals surface area contributed by atoms with Crippen LogP contribution in [0.5, 0.6) is 0 Å². The number of nitrogens with zero attached hydrogens (tertiary/aromatic N) is 5. The molecular formula is C43H61N7O9. The van der Waals surface area contributed by atoms with E-state index in [1.54, 1.807) is 50.2 Å². The van der Waals surface area contributed by atoms with Crippen molar-refractivity contribution in [3.8, 4) is 22.5 Å². The maximum Gasteiger partial charge on any atom is 0.407 e. The maximum absolute atomic E-state index is 12.3. The highest BCUT2D eigenvalue weighted by Gasteiger charge is 2.22. The Hall–Kier alpha value is -5.58. The van der Waals surface area contributed by atoms with Gasteiger partial charge in [0.05, 0.1) is 18.5 Å². The van der Waals surface area contributed by atoms with Gasteiger partial charge in [0.1, 0.15) is 11.2 Å². The van der Waals surface area contributed by atoms with Crippen LogP contribution in [0.2, 0.25) is 0 Å². The summed E-state index contributed by atoms with van der Waals surface area (Å²) < 4.78 is 14.0. The third kappa shape index (κ3) is 15.6. The third-order valence-corrected chi connectivity index (χ3v) is 8.68. The number of aliphatic hydroxyl groups is 2. The van der Waals surface area contributed by atoms with Gasteiger partial charge >= 0.3 is 18.1 Å². The standard InChI is InChI=1S/C22H32N4O5.C21H29N3O4/c1-22(2,3)31-21(29)23-17(11-12-27)13-15-7-9-16(10-8-15)18-14-25(4)19(24-18)20(28)26(5)30-6;1-14(26)19-23-18(13-24(19)5)16-8-6-15(7-9-16)12-17(10-11-25)22-20(27)28-21(2,3)4/h7-10,14,17,27H,11-13H2,1-6H3,(H,23,29);6-9,13,17,25H,10-12H2,1-5H3,(H,22,27)/t2*17-/m00/s1. The number of benzene rings is 2. The Kier molecular flexibility index (Phi) is 17.4. The minimum absolute atomic E-state index is 0.0275. The van der Waals surface area contributed by atoms with Crippen LogP contribution in [0.4, 0.5) is 9.59 Å². The van der Waals surface area contributed by atoms with Crippen molar-refractivity contribution in [1.29, 1.82) is 0 Å². The van der Waals surface area contributed by atoms with Gasteiger partial charge in [0.2, 0.25) is 5.82 Å². The second-order valence-corrected chi connectivity index (χ2v) is 16.2. The van der Waals surface area contributed by atoms with Crippen molar-refractivity contribution >= 4 is 23.9 Å². The summed E-state index contributed by atoms with van der Waals surface area (Å²) >= 11 is 0. The number of aromatic nitrogens is 4. The van der Waals surface area contributed by atoms with Crippen LogP contribution in [-0.4, -0.2) is 109 Å². The van der Waals surface area contributed by atoms with Gasteiger partial charge in [-0.2, -0.15) is 0 Å². The molecule has 0 radical (unpaired) electrons. The van der Waals surface area contributed by atoms with Gasteiger partial charge in [0, 0.05) is 76.9 Å². The zero-order chi connectivity index (χ0) is 44.1. The number of Topliss-reactive ketones (excluding diaryl/α,β-unsaturated/α-hetero) is 1. The highest BCUT2D eigenvalue weighted by atomic mass is 16.7. The Morgan fingerprint density at radius 1 is 0.695 bits per heavy atom. The first kappa shape index (κ1) is 47.8. The van der Waals surface area contributed by atoms with Crippen molar-refractivity contribution in [2.75, 3.05) is 27.4 Å². The molecule has 0 aliphatic carbocycles. The fraction of sp³-hybridized carbons (Fsp3) is 0.488. The lowest BCUT2D eigenvalue weighted by Crippen LogP contribution is -2.40. The summed E-state index contributed by atoms with van der Waals surface area (Å²) in [5.41, 5.74) is 4.01. The number of imidazole rings is 2. The van der Waals surface area contributed by atoms with Gasteiger partial charge in [-0.05, 0) is 78.4 Å². The van der Waals surface area contributed by atoms with Crippen molar-refractivity contribution in [3.63, 3.8) is 0 Å². The van der Waals surface area contributed by atoms with Gasteiger partial charge < -0.3 is 39.5 Å². The van der Waals surface area contributed by atoms with E-state index in [9.17, 15) is 29.4 Å². The number of ketones is 1. The SMILES string of the molecule is CC(=O)c1nc(-c2ccc(C[C@H](CCO)NC(=O)OC(C)(C)C)cc2)cn1C.CON(C)C(=O)c1nc(-c2ccc(C[C@H](CCO)NC(=O)OC(C)(C)C)cc2)cn1C. The third-order valence-electron chi connectivity index (χ3n) is 8.68. The van der Waals surface area contributed by atoms with Gasteiger partial charge in [-0.3, -0.25) is 14.4 Å². The number of hydrogen-bond acceptors (Lipinski definition) is 11. The van der Waals surface area contributed by atoms with Crippen LogP contribution in [0, 0.1) is 0 Å². The number of amides is 3. The van der Waals surface area contributed by atoms with E-state index in [0.717, 1.165) is 33.0 Å². The predicted molar refractivity (Wildman–Crippen MR) is 224 cm³/mol. The molecule has 59 heavy (non-hydrogen) atoms. The molecule has 322 valence electrons. The van der Waals surface area contributed by atoms with E-state index in [1.807, 2.05) is 75.5 Å². The van der Waals surface area contributed by atoms with Crippen molar-refractivity contribution in [2.45, 2.75) is 97.4 Å². The average Bonchev–Trinajstić information content (AvgIpc) is 3.73. The Labute approximate surface area is 346 Å². The summed E-state index contributed by atoms with van der Waals surface area (Å²) in [5.74, 6) is 0.273. The molecule has 0 aliphatic heterocycles. The zero-order valence-electron chi connectivity index (χ0n) is 36.2. The van der Waals surface area contributed by atoms with Crippen LogP contribution in [0.1, 0.15) is 93.7 Å². The first-order valence-electron chi connectivity index (χ1n) is 19.4. The van der Waals surface area contributed by atoms with E-state index < -0.39 is 23.4 Å². The topological polar surface area (TPSA) is 199 Å². The second kappa shape index (κ2) is 21.4. The summed E-state index contributed by atoms with van der Waals surface area (Å²) in [4.78, 5) is 61.7. The van der Waals surface area contributed by atoms with Crippen LogP contribution < -0.4 is 10.6 Å². The summed E-state index contributed by atoms with van der Waals surface area (Å²) in [6, 6.07) is 15.0. The van der Waals surface area contributed by atoms with Crippen molar-refractivity contribution in [3.05, 3.63) is 83.7 Å². The fourth-order valence-corrected chi connectivity index (χ4v) is 5.86. The van der Waals surface area contributed by atoms with Crippen molar-refractivity contribution in [2.24, 2.45) is 14.1 Å². The highest BCUT2D eigenvalue weighted by molar-refractivity contribution is 5.91. The first-order chi connectivity index (χ1) is 27.6. The Morgan fingerprint density at radius 3 is 1.39 bits per heavy atom. The van der Waals surface area contributed by atoms with E-state index in [4.69, 9.17) is 14.3 Å². The summed E-state index contributed by atoms with van der Waals surface area (Å²) in [6.45, 7) is 12.3. The number of nitrogens with one attached hydrogen (secondary N) is 2. The summed E-state index contributed by atoms with van der Waals surface area (Å²) in [6.07, 6.45) is 4.57. The van der Waals surface area contributed by atoms with E-state index in [2.05, 4.69) is 20.6 Å². The molecule has 0 saturated heterocycles. The molecule has 2 aromatic carbocycles. The predicted octanol–water partition coefficient (Wildman–Crippen LogP) is 5.65. The molecule has 4 rings (SSSR count). The molecule has 16 nitrogen and oxygen atoms in total. The van der Waals surface area contributed by atoms with Crippen LogP contribution in [0.3, 0.4) is 0 Å². The van der Waals surface area contributed by atoms with Crippen LogP contribution in [-0.2, 0) is 41.2 Å². The van der Waals surface area contributed by atoms with E-state index >= 15 is 0 Å². The maximum atomic E-state index is 12.3. The molecule has 4 N–H and O–H groups in total. The number of alkyl carbamates (subject to hydrolysis) is 2. The number of aryl methyl sites for hydroxylation is 2. The van der Waals surface area contributed by atoms with Gasteiger partial charge in [-0.15, -0.1) is 0 Å². The molecule has 0 unspecified atom stereocenters. The van der Waals surface area contributed by atoms with Gasteiger partial charge in [0.15, 0.2) is 11.6 Å². The molecule has 0 spiro atoms. The summed E-state index contributed by atoms with van der Waals surface area (Å²) in [5, 5.41) is 25.4. The molecular weight excluding hydrogens is 759 g/mol. The molecule has 0 saturated carbocycles. The second-order valence-electron chi connectivity index (χ2n) is 16.2. The average molecular weight is 820 g/mol. The Bertz CT molecular complexity index is 1990. The number of aliphatic hydroxyl groups excluding tert-OH is 2. The number of rotatable bonds is 15. The van der Waals surface area contributed by atoms with Crippen LogP contribution in [0.25, 0.3) is 22.5 Å². The van der Waals surface area contributed by atoms with Crippen LogP contribution >= 0.6 is 0 Å². The molecule has 16 heteroatoms. The Morgan fingerprint density at radius 2 is 1.07 bits per heavy atom. The van der Waals surface area contributed by atoms with Crippen LogP contribution in [0.15, 0.2) is 60.9 Å². The molecule has 2 atom stereocenters. The zero-order valence-corrected chi connectivity index (χ0v) is 36.2. The normalized spacial score (nSPS) is 12.4. The van der Waals surface area contributed by atoms with Crippen molar-refractivity contribution in [1.82, 2.24) is 34.8 Å². The fourth-order valence-electron chi connectivity index (χ4n) is 5.86. The monoisotopic (exact) mass is 819 g/mol. The van der Waals surface area contributed by atoms with Crippen molar-refractivity contribution < 1.29 is 43.7 Å². The highest BCUT2D eigenvalue weighted by Crippen LogP contribution is 2.22. The van der Waals surface area contributed by atoms with E-state index in [0.29, 0.717) is 37.2 Å². The van der Waals surface area contributed by atoms with E-state index in [-0.39, 0.29) is 42.8 Å². The minimum Gasteiger partial charge on any atom is -0.444 e. The van der Waals surface area contributed by atoms with Gasteiger partial charge in [0.25, 0.3) is 0 Å². The largest absolute Gasteiger partial charge is 0.444 e. The minimum atomic E-state index is -0.587. The van der Waals surface area contributed by atoms with Gasteiger partial charge in [-0.1, -0.05) is 48.5 Å². The number of hydrogen-bond donors (Lipinski definition) is 4. The lowest BCUT2D eigenvalue weighted by Gasteiger charge is -2.23. The molecule has 3 amide bonds. The lowest BCUT2D eigenvalue weighted by molar-refractivity contribution is -0.0766. The number of carbonyl (C=O) groups is 4. The number of hydroxylamine groups is 2. The first-order valence-corrected chi connectivity index (χ1v) is 19.4. The molecule has 2 aromatic heterocycles. The molecule has 0 aliphatic rings.